The minimum absolute atomic E-state index is 0.487. The summed E-state index contributed by atoms with van der Waals surface area (Å²) in [6.45, 7) is 3.55. The highest BCUT2D eigenvalue weighted by atomic mass is 28.4. The van der Waals surface area contributed by atoms with Gasteiger partial charge in [0.05, 0.1) is 5.19 Å². The first kappa shape index (κ1) is 18.7. The summed E-state index contributed by atoms with van der Waals surface area (Å²) in [5.41, 5.74) is 0. The largest absolute Gasteiger partial charge is 0.329 e. The molecule has 4 nitrogen and oxygen atoms in total. The maximum atomic E-state index is 14.7. The Kier molecular flexibility index (Phi) is 4.93. The van der Waals surface area contributed by atoms with Crippen molar-refractivity contribution in [3.63, 3.8) is 0 Å². The van der Waals surface area contributed by atoms with Crippen LogP contribution in [0, 0.1) is 29.1 Å². The van der Waals surface area contributed by atoms with Crippen LogP contribution >= 0.6 is 0 Å². The van der Waals surface area contributed by atoms with E-state index in [1.54, 1.807) is 34.8 Å². The van der Waals surface area contributed by atoms with Crippen LogP contribution in [0.25, 0.3) is 0 Å². The quantitative estimate of drug-likeness (QED) is 0.307. The molecule has 4 rings (SSSR count). The van der Waals surface area contributed by atoms with Crippen LogP contribution in [0.5, 0.6) is 0 Å². The SMILES string of the molecule is CN1CCN2CCN(C)[Si]1(c1c(F)c(F)c(F)c(F)c1F)N(C)CC2. The van der Waals surface area contributed by atoms with E-state index < -0.39 is 42.8 Å². The van der Waals surface area contributed by atoms with Gasteiger partial charge in [0, 0.05) is 39.3 Å². The number of nitrogens with zero attached hydrogens (tertiary/aromatic N) is 4. The maximum absolute atomic E-state index is 14.7. The second-order valence-corrected chi connectivity index (χ2v) is 10.7. The third-order valence-electron chi connectivity index (χ3n) is 5.40. The van der Waals surface area contributed by atoms with Crippen LogP contribution in [0.4, 0.5) is 22.0 Å². The highest BCUT2D eigenvalue weighted by Crippen LogP contribution is 2.27. The van der Waals surface area contributed by atoms with Gasteiger partial charge >= 0.3 is 8.56 Å². The van der Waals surface area contributed by atoms with Crippen LogP contribution in [0.15, 0.2) is 0 Å². The van der Waals surface area contributed by atoms with E-state index in [4.69, 9.17) is 0 Å². The molecule has 0 unspecified atom stereocenters. The Morgan fingerprint density at radius 1 is 0.560 bits per heavy atom. The minimum Gasteiger partial charge on any atom is -0.300 e. The lowest BCUT2D eigenvalue weighted by Crippen LogP contribution is -2.83. The average molecular weight is 380 g/mol. The molecule has 10 heteroatoms. The Morgan fingerprint density at radius 3 is 1.24 bits per heavy atom. The molecule has 0 radical (unpaired) electrons. The van der Waals surface area contributed by atoms with Gasteiger partial charge in [-0.25, -0.2) is 22.0 Å². The summed E-state index contributed by atoms with van der Waals surface area (Å²) in [5.74, 6) is -9.30. The van der Waals surface area contributed by atoms with Crippen LogP contribution < -0.4 is 5.19 Å². The second-order valence-electron chi connectivity index (χ2n) is 6.69. The highest BCUT2D eigenvalue weighted by molar-refractivity contribution is 6.84. The summed E-state index contributed by atoms with van der Waals surface area (Å²) < 4.78 is 76.3. The van der Waals surface area contributed by atoms with Crippen molar-refractivity contribution in [3.05, 3.63) is 29.1 Å². The van der Waals surface area contributed by atoms with Gasteiger partial charge in [-0.2, -0.15) is 0 Å². The number of halogens is 5. The number of hydrogen-bond donors (Lipinski definition) is 0. The molecule has 1 aromatic rings. The molecule has 0 saturated carbocycles. The van der Waals surface area contributed by atoms with E-state index in [1.807, 2.05) is 0 Å². The predicted octanol–water partition coefficient (Wildman–Crippen LogP) is 0.653. The fourth-order valence-electron chi connectivity index (χ4n) is 4.02. The topological polar surface area (TPSA) is 13.0 Å². The molecule has 2 bridgehead atoms. The van der Waals surface area contributed by atoms with Crippen molar-refractivity contribution >= 4 is 13.7 Å². The van der Waals surface area contributed by atoms with Crippen LogP contribution in [0.2, 0.25) is 0 Å². The normalized spacial score (nSPS) is 29.5. The summed E-state index contributed by atoms with van der Waals surface area (Å²) in [7, 11) is 1.59. The Hall–Kier alpha value is -1.07. The van der Waals surface area contributed by atoms with Gasteiger partial charge in [0.15, 0.2) is 23.3 Å². The zero-order chi connectivity index (χ0) is 18.5. The van der Waals surface area contributed by atoms with Crippen molar-refractivity contribution in [2.24, 2.45) is 0 Å². The van der Waals surface area contributed by atoms with Crippen molar-refractivity contribution in [2.45, 2.75) is 0 Å². The molecule has 3 fully saturated rings. The third kappa shape index (κ3) is 2.62. The molecule has 140 valence electrons. The van der Waals surface area contributed by atoms with Crippen LogP contribution in [-0.4, -0.2) is 87.6 Å². The first-order valence-electron chi connectivity index (χ1n) is 8.10. The molecule has 0 N–H and O–H groups in total. The predicted molar refractivity (Wildman–Crippen MR) is 86.0 cm³/mol. The van der Waals surface area contributed by atoms with E-state index >= 15 is 0 Å². The van der Waals surface area contributed by atoms with Crippen LogP contribution in [-0.2, 0) is 0 Å². The van der Waals surface area contributed by atoms with Gasteiger partial charge in [0.2, 0.25) is 5.82 Å². The monoisotopic (exact) mass is 380 g/mol. The summed E-state index contributed by atoms with van der Waals surface area (Å²) in [5, 5.41) is -0.674. The van der Waals surface area contributed by atoms with Gasteiger partial charge in [-0.1, -0.05) is 0 Å². The van der Waals surface area contributed by atoms with Gasteiger partial charge in [-0.15, -0.1) is 0 Å². The van der Waals surface area contributed by atoms with Gasteiger partial charge in [0.25, 0.3) is 0 Å². The minimum atomic E-state index is -3.51. The van der Waals surface area contributed by atoms with Crippen LogP contribution in [0.3, 0.4) is 0 Å². The second kappa shape index (κ2) is 6.58. The van der Waals surface area contributed by atoms with E-state index in [0.717, 1.165) is 0 Å². The lowest BCUT2D eigenvalue weighted by Gasteiger charge is -2.54. The number of fused-ring (bicyclic) bond motifs is 6. The molecule has 3 saturated heterocycles. The molecule has 3 aliphatic heterocycles. The van der Waals surface area contributed by atoms with Gasteiger partial charge in [0.1, 0.15) is 0 Å². The van der Waals surface area contributed by atoms with Crippen LogP contribution in [0.1, 0.15) is 0 Å². The van der Waals surface area contributed by atoms with Gasteiger partial charge < -0.3 is 0 Å². The summed E-state index contributed by atoms with van der Waals surface area (Å²) in [4.78, 5) is 2.24. The first-order chi connectivity index (χ1) is 11.7. The zero-order valence-corrected chi connectivity index (χ0v) is 15.4. The molecule has 0 spiro atoms. The molecule has 3 aliphatic rings. The zero-order valence-electron chi connectivity index (χ0n) is 14.4. The third-order valence-corrected chi connectivity index (χ3v) is 10.4. The smallest absolute Gasteiger partial charge is 0.300 e. The summed E-state index contributed by atoms with van der Waals surface area (Å²) in [6, 6.07) is 0. The van der Waals surface area contributed by atoms with E-state index in [9.17, 15) is 22.0 Å². The van der Waals surface area contributed by atoms with Crippen molar-refractivity contribution in [3.8, 4) is 0 Å². The van der Waals surface area contributed by atoms with E-state index in [-0.39, 0.29) is 0 Å². The molecular formula is C15H21F5N4Si. The maximum Gasteiger partial charge on any atom is 0.329 e. The number of likely N-dealkylation sites (N-methyl/N-ethyl adjacent to an activating group) is 3. The van der Waals surface area contributed by atoms with Crippen molar-refractivity contribution in [1.29, 1.82) is 0 Å². The Labute approximate surface area is 144 Å². The van der Waals surface area contributed by atoms with Crippen molar-refractivity contribution < 1.29 is 22.0 Å². The summed E-state index contributed by atoms with van der Waals surface area (Å²) in [6.07, 6.45) is 0. The molecule has 1 aromatic carbocycles. The lowest BCUT2D eigenvalue weighted by molar-refractivity contribution is 0.157. The Balaban J connectivity index is 2.33. The fraction of sp³-hybridized carbons (Fsp3) is 0.600. The van der Waals surface area contributed by atoms with Gasteiger partial charge in [-0.3, -0.25) is 18.6 Å². The Morgan fingerprint density at radius 2 is 0.880 bits per heavy atom. The number of rotatable bonds is 1. The van der Waals surface area contributed by atoms with E-state index in [1.165, 1.54) is 0 Å². The molecule has 0 amide bonds. The Bertz CT molecular complexity index is 623. The average Bonchev–Trinajstić information content (AvgIpc) is 2.58. The van der Waals surface area contributed by atoms with E-state index in [2.05, 4.69) is 4.90 Å². The molecule has 3 heterocycles. The fourth-order valence-corrected chi connectivity index (χ4v) is 8.96. The van der Waals surface area contributed by atoms with Crippen molar-refractivity contribution in [1.82, 2.24) is 18.6 Å². The lowest BCUT2D eigenvalue weighted by atomic mass is 10.3. The molecule has 0 aromatic heterocycles. The van der Waals surface area contributed by atoms with Gasteiger partial charge in [-0.05, 0) is 21.1 Å². The summed E-state index contributed by atoms with van der Waals surface area (Å²) >= 11 is 0. The van der Waals surface area contributed by atoms with Crippen molar-refractivity contribution in [2.75, 3.05) is 60.4 Å². The standard InChI is InChI=1S/C15H21F5N4Si/c1-21-4-7-24-8-5-22(2)25(21,23(3)6-9-24)15-13(19)11(17)10(16)12(18)14(15)20/h4-9H2,1-3H3. The molecule has 0 atom stereocenters. The number of benzene rings is 1. The van der Waals surface area contributed by atoms with E-state index in [0.29, 0.717) is 39.3 Å². The molecule has 25 heavy (non-hydrogen) atoms. The highest BCUT2D eigenvalue weighted by Gasteiger charge is 2.55. The molecular weight excluding hydrogens is 359 g/mol. The molecule has 0 aliphatic carbocycles. The first-order valence-corrected chi connectivity index (χ1v) is 9.95. The number of hydrogen-bond acceptors (Lipinski definition) is 4.